The van der Waals surface area contributed by atoms with E-state index in [4.69, 9.17) is 0 Å². The highest BCUT2D eigenvalue weighted by atomic mass is 14.8. The van der Waals surface area contributed by atoms with Crippen LogP contribution in [0, 0.1) is 27.7 Å². The molecular formula is C33H44N4. The number of hydrogen-bond acceptors (Lipinski definition) is 2. The molecule has 196 valence electrons. The standard InChI is InChI=1S/C33H44N4/c1-9-26-20(3)18-34-32(26)16-30-22(5)28(24(7)36-30)14-12-11-13-15-29-23(6)31(37-25(29)8)17-33-27(10-2)21(4)19-35-33/h16-19,36-37H,9-15H2,1-8H3/b32-16+,33-17?. The van der Waals surface area contributed by atoms with Gasteiger partial charge in [-0.1, -0.05) is 20.3 Å². The van der Waals surface area contributed by atoms with E-state index in [-0.39, 0.29) is 0 Å². The molecule has 4 heterocycles. The van der Waals surface area contributed by atoms with Crippen molar-refractivity contribution in [3.8, 4) is 0 Å². The third kappa shape index (κ3) is 5.58. The summed E-state index contributed by atoms with van der Waals surface area (Å²) in [4.78, 5) is 16.5. The molecule has 0 atom stereocenters. The molecule has 0 saturated heterocycles. The fraction of sp³-hybridized carbons (Fsp3) is 0.455. The summed E-state index contributed by atoms with van der Waals surface area (Å²) in [6, 6.07) is 0. The van der Waals surface area contributed by atoms with Gasteiger partial charge in [-0.05, 0) is 137 Å². The molecule has 2 aliphatic heterocycles. The number of aryl methyl sites for hydroxylation is 2. The highest BCUT2D eigenvalue weighted by Gasteiger charge is 2.16. The smallest absolute Gasteiger partial charge is 0.0685 e. The summed E-state index contributed by atoms with van der Waals surface area (Å²) in [6.07, 6.45) is 16.4. The minimum Gasteiger partial charge on any atom is -0.359 e. The molecule has 0 amide bonds. The number of aromatic nitrogens is 2. The number of rotatable bonds is 10. The van der Waals surface area contributed by atoms with Crippen LogP contribution in [-0.4, -0.2) is 22.4 Å². The molecule has 0 unspecified atom stereocenters. The molecule has 0 bridgehead atoms. The first-order valence-corrected chi connectivity index (χ1v) is 14.0. The van der Waals surface area contributed by atoms with E-state index < -0.39 is 0 Å². The summed E-state index contributed by atoms with van der Waals surface area (Å²) in [6.45, 7) is 17.6. The van der Waals surface area contributed by atoms with E-state index in [1.807, 2.05) is 12.4 Å². The number of H-pyrrole nitrogens is 2. The van der Waals surface area contributed by atoms with Crippen molar-refractivity contribution in [2.75, 3.05) is 0 Å². The molecule has 4 nitrogen and oxygen atoms in total. The van der Waals surface area contributed by atoms with Gasteiger partial charge < -0.3 is 9.97 Å². The largest absolute Gasteiger partial charge is 0.359 e. The first-order chi connectivity index (χ1) is 17.7. The maximum absolute atomic E-state index is 4.64. The van der Waals surface area contributed by atoms with Crippen LogP contribution in [0.1, 0.15) is 105 Å². The van der Waals surface area contributed by atoms with Crippen molar-refractivity contribution < 1.29 is 0 Å². The van der Waals surface area contributed by atoms with Crippen molar-refractivity contribution in [3.05, 3.63) is 78.7 Å². The molecule has 4 heteroatoms. The van der Waals surface area contributed by atoms with Crippen molar-refractivity contribution in [3.63, 3.8) is 0 Å². The van der Waals surface area contributed by atoms with E-state index in [1.54, 1.807) is 0 Å². The molecule has 2 aromatic heterocycles. The van der Waals surface area contributed by atoms with Crippen LogP contribution in [0.25, 0.3) is 12.2 Å². The Bertz CT molecular complexity index is 1260. The van der Waals surface area contributed by atoms with Crippen molar-refractivity contribution >= 4 is 24.6 Å². The van der Waals surface area contributed by atoms with Gasteiger partial charge in [-0.15, -0.1) is 0 Å². The molecule has 2 aromatic rings. The fourth-order valence-electron chi connectivity index (χ4n) is 5.94. The number of aliphatic imine (C=N–C) groups is 2. The van der Waals surface area contributed by atoms with Gasteiger partial charge >= 0.3 is 0 Å². The second-order valence-corrected chi connectivity index (χ2v) is 10.7. The minimum atomic E-state index is 1.02. The van der Waals surface area contributed by atoms with E-state index in [0.717, 1.165) is 37.1 Å². The Morgan fingerprint density at radius 2 is 1.03 bits per heavy atom. The molecule has 2 aliphatic rings. The quantitative estimate of drug-likeness (QED) is 0.309. The summed E-state index contributed by atoms with van der Waals surface area (Å²) in [5.41, 5.74) is 18.2. The summed E-state index contributed by atoms with van der Waals surface area (Å²) >= 11 is 0. The normalized spacial score (nSPS) is 17.6. The molecule has 0 radical (unpaired) electrons. The van der Waals surface area contributed by atoms with Crippen LogP contribution in [0.4, 0.5) is 0 Å². The monoisotopic (exact) mass is 496 g/mol. The zero-order valence-corrected chi connectivity index (χ0v) is 24.2. The molecule has 0 aliphatic carbocycles. The van der Waals surface area contributed by atoms with Gasteiger partial charge in [-0.25, -0.2) is 0 Å². The van der Waals surface area contributed by atoms with Crippen LogP contribution in [0.3, 0.4) is 0 Å². The molecule has 37 heavy (non-hydrogen) atoms. The highest BCUT2D eigenvalue weighted by molar-refractivity contribution is 5.88. The van der Waals surface area contributed by atoms with Gasteiger partial charge in [0.05, 0.1) is 11.4 Å². The summed E-state index contributed by atoms with van der Waals surface area (Å²) < 4.78 is 0. The zero-order chi connectivity index (χ0) is 26.7. The van der Waals surface area contributed by atoms with E-state index in [1.165, 1.54) is 86.6 Å². The number of allylic oxidation sites excluding steroid dienone is 4. The second-order valence-electron chi connectivity index (χ2n) is 10.7. The highest BCUT2D eigenvalue weighted by Crippen LogP contribution is 2.31. The lowest BCUT2D eigenvalue weighted by molar-refractivity contribution is 0.674. The van der Waals surface area contributed by atoms with Gasteiger partial charge in [0.2, 0.25) is 0 Å². The number of hydrogen-bond donors (Lipinski definition) is 2. The van der Waals surface area contributed by atoms with Gasteiger partial charge in [0, 0.05) is 35.2 Å². The fourth-order valence-corrected chi connectivity index (χ4v) is 5.94. The number of aromatic amines is 2. The molecule has 0 aromatic carbocycles. The van der Waals surface area contributed by atoms with E-state index in [0.29, 0.717) is 0 Å². The van der Waals surface area contributed by atoms with Gasteiger partial charge in [-0.3, -0.25) is 9.98 Å². The molecule has 2 N–H and O–H groups in total. The summed E-state index contributed by atoms with van der Waals surface area (Å²) in [5.74, 6) is 0. The Kier molecular flexibility index (Phi) is 8.36. The zero-order valence-electron chi connectivity index (χ0n) is 24.2. The Morgan fingerprint density at radius 1 is 0.622 bits per heavy atom. The number of nitrogens with one attached hydrogen (secondary N) is 2. The number of nitrogens with zero attached hydrogens (tertiary/aromatic N) is 2. The van der Waals surface area contributed by atoms with Crippen molar-refractivity contribution in [2.45, 2.75) is 100 Å². The summed E-state index contributed by atoms with van der Waals surface area (Å²) in [5, 5.41) is 0. The third-order valence-electron chi connectivity index (χ3n) is 8.25. The Labute approximate surface area is 223 Å². The van der Waals surface area contributed by atoms with Crippen LogP contribution in [0.5, 0.6) is 0 Å². The van der Waals surface area contributed by atoms with E-state index in [9.17, 15) is 0 Å². The van der Waals surface area contributed by atoms with Crippen molar-refractivity contribution in [1.29, 1.82) is 0 Å². The van der Waals surface area contributed by atoms with Gasteiger partial charge in [0.15, 0.2) is 0 Å². The Balaban J connectivity index is 1.35. The minimum absolute atomic E-state index is 1.02. The maximum atomic E-state index is 4.64. The predicted molar refractivity (Wildman–Crippen MR) is 161 cm³/mol. The van der Waals surface area contributed by atoms with E-state index in [2.05, 4.69) is 87.5 Å². The molecule has 0 fully saturated rings. The Morgan fingerprint density at radius 3 is 1.41 bits per heavy atom. The second kappa shape index (κ2) is 11.5. The molecule has 0 spiro atoms. The molecular weight excluding hydrogens is 452 g/mol. The van der Waals surface area contributed by atoms with Crippen molar-refractivity contribution in [1.82, 2.24) is 9.97 Å². The summed E-state index contributed by atoms with van der Waals surface area (Å²) in [7, 11) is 0. The topological polar surface area (TPSA) is 56.3 Å². The number of unbranched alkanes of at least 4 members (excludes halogenated alkanes) is 2. The lowest BCUT2D eigenvalue weighted by atomic mass is 9.99. The van der Waals surface area contributed by atoms with Crippen molar-refractivity contribution in [2.24, 2.45) is 9.98 Å². The Hall–Kier alpha value is -3.14. The maximum Gasteiger partial charge on any atom is 0.0685 e. The van der Waals surface area contributed by atoms with Gasteiger partial charge in [0.1, 0.15) is 0 Å². The first kappa shape index (κ1) is 26.9. The molecule has 4 rings (SSSR count). The van der Waals surface area contributed by atoms with E-state index >= 15 is 0 Å². The van der Waals surface area contributed by atoms with Crippen LogP contribution < -0.4 is 0 Å². The first-order valence-electron chi connectivity index (χ1n) is 14.0. The van der Waals surface area contributed by atoms with Crippen LogP contribution in [0.15, 0.2) is 43.7 Å². The van der Waals surface area contributed by atoms with Crippen LogP contribution in [-0.2, 0) is 12.8 Å². The van der Waals surface area contributed by atoms with Gasteiger partial charge in [0.25, 0.3) is 0 Å². The van der Waals surface area contributed by atoms with Gasteiger partial charge in [-0.2, -0.15) is 0 Å². The van der Waals surface area contributed by atoms with Crippen LogP contribution >= 0.6 is 0 Å². The average molecular weight is 497 g/mol. The lowest BCUT2D eigenvalue weighted by Crippen LogP contribution is -1.93. The molecule has 0 saturated carbocycles. The average Bonchev–Trinajstić information content (AvgIpc) is 3.56. The lowest BCUT2D eigenvalue weighted by Gasteiger charge is -2.06. The SMILES string of the molecule is CCC1=C(C)C=NC1=Cc1[nH]c(C)c(CCCCCc2c(C)[nH]c(/C=C3/N=CC(C)=C3CC)c2C)c1C. The third-order valence-corrected chi connectivity index (χ3v) is 8.25. The van der Waals surface area contributed by atoms with Crippen LogP contribution in [0.2, 0.25) is 0 Å². The predicted octanol–water partition coefficient (Wildman–Crippen LogP) is 8.84.